The van der Waals surface area contributed by atoms with E-state index in [1.54, 1.807) is 0 Å². The van der Waals surface area contributed by atoms with Crippen molar-refractivity contribution in [1.29, 1.82) is 5.26 Å². The van der Waals surface area contributed by atoms with Gasteiger partial charge in [-0.05, 0) is 19.3 Å². The second-order valence-corrected chi connectivity index (χ2v) is 5.28. The van der Waals surface area contributed by atoms with Gasteiger partial charge in [0.25, 0.3) is 0 Å². The first kappa shape index (κ1) is 9.59. The third-order valence-electron chi connectivity index (χ3n) is 3.84. The smallest absolute Gasteiger partial charge is 0.302 e. The Bertz CT molecular complexity index is 305. The van der Waals surface area contributed by atoms with Crippen molar-refractivity contribution >= 4 is 0 Å². The molecule has 0 aromatic rings. The van der Waals surface area contributed by atoms with E-state index in [-0.39, 0.29) is 5.41 Å². The molecular weight excluding hydrogens is 194 g/mol. The molecule has 0 aromatic heterocycles. The molecule has 4 rings (SSSR count). The summed E-state index contributed by atoms with van der Waals surface area (Å²) in [5, 5.41) is 9.28. The van der Waals surface area contributed by atoms with Gasteiger partial charge in [0, 0.05) is 5.41 Å². The molecular formula is C11H15NO3. The highest BCUT2D eigenvalue weighted by Gasteiger charge is 2.65. The summed E-state index contributed by atoms with van der Waals surface area (Å²) >= 11 is 0. The molecule has 0 spiro atoms. The fraction of sp³-hybridized carbons (Fsp3) is 0.909. The fourth-order valence-corrected chi connectivity index (χ4v) is 2.49. The first-order valence-corrected chi connectivity index (χ1v) is 5.47. The summed E-state index contributed by atoms with van der Waals surface area (Å²) in [4.78, 5) is 0. The average molecular weight is 209 g/mol. The highest BCUT2D eigenvalue weighted by atomic mass is 16.9. The lowest BCUT2D eigenvalue weighted by Crippen LogP contribution is -2.67. The van der Waals surface area contributed by atoms with Crippen LogP contribution in [0.25, 0.3) is 0 Å². The van der Waals surface area contributed by atoms with Crippen LogP contribution in [-0.4, -0.2) is 25.8 Å². The Balaban J connectivity index is 1.90. The minimum absolute atomic E-state index is 0.0257. The molecule has 15 heavy (non-hydrogen) atoms. The van der Waals surface area contributed by atoms with Gasteiger partial charge in [-0.15, -0.1) is 0 Å². The SMILES string of the molecule is CC12COC(C3(C#N)CCC3)(OC1)OC2. The van der Waals surface area contributed by atoms with Crippen LogP contribution in [0.3, 0.4) is 0 Å². The summed E-state index contributed by atoms with van der Waals surface area (Å²) in [7, 11) is 0. The molecule has 1 aliphatic carbocycles. The van der Waals surface area contributed by atoms with Crippen molar-refractivity contribution in [2.24, 2.45) is 10.8 Å². The summed E-state index contributed by atoms with van der Waals surface area (Å²) in [5.74, 6) is -1.06. The summed E-state index contributed by atoms with van der Waals surface area (Å²) in [6.07, 6.45) is 2.70. The molecule has 3 heterocycles. The van der Waals surface area contributed by atoms with Gasteiger partial charge in [-0.3, -0.25) is 0 Å². The monoisotopic (exact) mass is 209 g/mol. The van der Waals surface area contributed by atoms with E-state index in [9.17, 15) is 5.26 Å². The van der Waals surface area contributed by atoms with Crippen molar-refractivity contribution < 1.29 is 14.2 Å². The van der Waals surface area contributed by atoms with Crippen LogP contribution < -0.4 is 0 Å². The molecule has 82 valence electrons. The van der Waals surface area contributed by atoms with Gasteiger partial charge >= 0.3 is 5.97 Å². The molecule has 2 bridgehead atoms. The molecule has 0 atom stereocenters. The minimum atomic E-state index is -1.06. The summed E-state index contributed by atoms with van der Waals surface area (Å²) < 4.78 is 17.1. The molecule has 0 unspecified atom stereocenters. The lowest BCUT2D eigenvalue weighted by atomic mass is 9.67. The number of fused-ring (bicyclic) bond motifs is 3. The average Bonchev–Trinajstić information content (AvgIpc) is 2.19. The molecule has 4 nitrogen and oxygen atoms in total. The van der Waals surface area contributed by atoms with E-state index in [1.807, 2.05) is 0 Å². The van der Waals surface area contributed by atoms with E-state index >= 15 is 0 Å². The van der Waals surface area contributed by atoms with Gasteiger partial charge in [0.1, 0.15) is 5.41 Å². The zero-order valence-electron chi connectivity index (χ0n) is 8.91. The first-order chi connectivity index (χ1) is 7.14. The predicted molar refractivity (Wildman–Crippen MR) is 50.6 cm³/mol. The standard InChI is InChI=1S/C11H15NO3/c1-9-6-13-11(14-7-9,15-8-9)10(5-12)3-2-4-10/h2-4,6-8H2,1H3. The van der Waals surface area contributed by atoms with Crippen LogP contribution in [0.1, 0.15) is 26.2 Å². The van der Waals surface area contributed by atoms with Gasteiger partial charge < -0.3 is 14.2 Å². The van der Waals surface area contributed by atoms with Crippen molar-refractivity contribution in [2.75, 3.05) is 19.8 Å². The van der Waals surface area contributed by atoms with Gasteiger partial charge in [-0.2, -0.15) is 5.26 Å². The normalized spacial score (nSPS) is 46.9. The molecule has 1 saturated carbocycles. The van der Waals surface area contributed by atoms with E-state index < -0.39 is 11.4 Å². The van der Waals surface area contributed by atoms with Crippen molar-refractivity contribution in [3.63, 3.8) is 0 Å². The lowest BCUT2D eigenvalue weighted by molar-refractivity contribution is -0.502. The molecule has 0 aromatic carbocycles. The number of nitrogens with zero attached hydrogens (tertiary/aromatic N) is 1. The van der Waals surface area contributed by atoms with Crippen molar-refractivity contribution in [2.45, 2.75) is 32.2 Å². The largest absolute Gasteiger partial charge is 0.325 e. The van der Waals surface area contributed by atoms with Gasteiger partial charge in [-0.25, -0.2) is 0 Å². The maximum absolute atomic E-state index is 9.28. The highest BCUT2D eigenvalue weighted by Crippen LogP contribution is 2.56. The Hall–Kier alpha value is -0.630. The van der Waals surface area contributed by atoms with Crippen molar-refractivity contribution in [3.05, 3.63) is 0 Å². The van der Waals surface area contributed by atoms with Crippen LogP contribution in [0.4, 0.5) is 0 Å². The molecule has 3 saturated heterocycles. The van der Waals surface area contributed by atoms with Crippen LogP contribution in [0.5, 0.6) is 0 Å². The summed E-state index contributed by atoms with van der Waals surface area (Å²) in [6.45, 7) is 3.99. The second kappa shape index (κ2) is 2.73. The topological polar surface area (TPSA) is 51.5 Å². The number of hydrogen-bond donors (Lipinski definition) is 0. The molecule has 0 N–H and O–H groups in total. The third kappa shape index (κ3) is 1.06. The van der Waals surface area contributed by atoms with E-state index in [2.05, 4.69) is 13.0 Å². The van der Waals surface area contributed by atoms with Crippen LogP contribution in [0.15, 0.2) is 0 Å². The van der Waals surface area contributed by atoms with Gasteiger partial charge in [0.2, 0.25) is 0 Å². The van der Waals surface area contributed by atoms with Crippen LogP contribution in [0, 0.1) is 22.2 Å². The summed E-state index contributed by atoms with van der Waals surface area (Å²) in [5.41, 5.74) is -0.586. The van der Waals surface area contributed by atoms with Crippen molar-refractivity contribution in [1.82, 2.24) is 0 Å². The van der Waals surface area contributed by atoms with E-state index in [1.165, 1.54) is 0 Å². The van der Waals surface area contributed by atoms with E-state index in [4.69, 9.17) is 14.2 Å². The third-order valence-corrected chi connectivity index (χ3v) is 3.84. The van der Waals surface area contributed by atoms with Crippen LogP contribution in [-0.2, 0) is 14.2 Å². The summed E-state index contributed by atoms with van der Waals surface area (Å²) in [6, 6.07) is 2.34. The maximum atomic E-state index is 9.28. The number of hydrogen-bond acceptors (Lipinski definition) is 4. The molecule has 4 aliphatic rings. The first-order valence-electron chi connectivity index (χ1n) is 5.47. The van der Waals surface area contributed by atoms with Crippen LogP contribution >= 0.6 is 0 Å². The van der Waals surface area contributed by atoms with Crippen molar-refractivity contribution in [3.8, 4) is 6.07 Å². The van der Waals surface area contributed by atoms with Gasteiger partial charge in [0.05, 0.1) is 25.9 Å². The van der Waals surface area contributed by atoms with E-state index in [0.717, 1.165) is 19.3 Å². The Morgan fingerprint density at radius 2 is 1.60 bits per heavy atom. The Kier molecular flexibility index (Phi) is 1.75. The number of nitriles is 1. The maximum Gasteiger partial charge on any atom is 0.302 e. The second-order valence-electron chi connectivity index (χ2n) is 5.28. The fourth-order valence-electron chi connectivity index (χ4n) is 2.49. The quantitative estimate of drug-likeness (QED) is 0.655. The van der Waals surface area contributed by atoms with Crippen LogP contribution in [0.2, 0.25) is 0 Å². The zero-order chi connectivity index (χ0) is 10.6. The number of rotatable bonds is 1. The Morgan fingerprint density at radius 3 is 1.93 bits per heavy atom. The van der Waals surface area contributed by atoms with Gasteiger partial charge in [0.15, 0.2) is 0 Å². The Labute approximate surface area is 89.1 Å². The molecule has 0 amide bonds. The molecule has 0 radical (unpaired) electrons. The molecule has 4 heteroatoms. The van der Waals surface area contributed by atoms with E-state index in [0.29, 0.717) is 19.8 Å². The lowest BCUT2D eigenvalue weighted by Gasteiger charge is -2.58. The highest BCUT2D eigenvalue weighted by molar-refractivity contribution is 5.12. The predicted octanol–water partition coefficient (Wildman–Crippen LogP) is 1.42. The Morgan fingerprint density at radius 1 is 1.07 bits per heavy atom. The number of ether oxygens (including phenoxy) is 3. The molecule has 4 fully saturated rings. The van der Waals surface area contributed by atoms with Gasteiger partial charge in [-0.1, -0.05) is 6.92 Å². The minimum Gasteiger partial charge on any atom is -0.325 e. The molecule has 3 aliphatic heterocycles. The zero-order valence-corrected chi connectivity index (χ0v) is 8.91.